The van der Waals surface area contributed by atoms with Crippen molar-refractivity contribution in [2.24, 2.45) is 5.92 Å². The van der Waals surface area contributed by atoms with E-state index in [1.807, 2.05) is 0 Å². The minimum absolute atomic E-state index is 0.664. The molecule has 16 heavy (non-hydrogen) atoms. The summed E-state index contributed by atoms with van der Waals surface area (Å²) in [5, 5.41) is 3.57. The Morgan fingerprint density at radius 2 is 1.94 bits per heavy atom. The van der Waals surface area contributed by atoms with Crippen molar-refractivity contribution in [3.63, 3.8) is 0 Å². The number of hydrogen-bond donors (Lipinski definition) is 1. The Balaban J connectivity index is 2.06. The first-order valence-electron chi connectivity index (χ1n) is 7.09. The van der Waals surface area contributed by atoms with Gasteiger partial charge in [0.05, 0.1) is 0 Å². The van der Waals surface area contributed by atoms with Crippen LogP contribution < -0.4 is 5.32 Å². The highest BCUT2D eigenvalue weighted by Crippen LogP contribution is 2.35. The third-order valence-corrected chi connectivity index (χ3v) is 4.04. The topological polar surface area (TPSA) is 15.3 Å². The molecule has 0 aromatic rings. The molecule has 0 bridgehead atoms. The molecule has 1 rings (SSSR count). The SMILES string of the molecule is CCCCCNCC(C)N(C)C(C)C1CC1. The fourth-order valence-electron chi connectivity index (χ4n) is 2.27. The Hall–Kier alpha value is -0.0800. The average molecular weight is 226 g/mol. The maximum atomic E-state index is 3.57. The first kappa shape index (κ1) is 14.0. The lowest BCUT2D eigenvalue weighted by molar-refractivity contribution is 0.174. The molecule has 0 radical (unpaired) electrons. The van der Waals surface area contributed by atoms with Crippen LogP contribution in [0.5, 0.6) is 0 Å². The predicted octanol–water partition coefficient (Wildman–Crippen LogP) is 2.89. The van der Waals surface area contributed by atoms with Crippen LogP contribution in [0, 0.1) is 5.92 Å². The zero-order valence-electron chi connectivity index (χ0n) is 11.6. The molecule has 0 heterocycles. The second-order valence-electron chi connectivity index (χ2n) is 5.50. The van der Waals surface area contributed by atoms with Crippen molar-refractivity contribution in [2.75, 3.05) is 20.1 Å². The summed E-state index contributed by atoms with van der Waals surface area (Å²) in [7, 11) is 2.28. The summed E-state index contributed by atoms with van der Waals surface area (Å²) in [6, 6.07) is 1.43. The molecule has 0 saturated heterocycles. The molecule has 0 aromatic heterocycles. The quantitative estimate of drug-likeness (QED) is 0.608. The monoisotopic (exact) mass is 226 g/mol. The average Bonchev–Trinajstić information content (AvgIpc) is 3.10. The van der Waals surface area contributed by atoms with Crippen molar-refractivity contribution < 1.29 is 0 Å². The van der Waals surface area contributed by atoms with E-state index >= 15 is 0 Å². The summed E-state index contributed by atoms with van der Waals surface area (Å²) in [5.41, 5.74) is 0. The van der Waals surface area contributed by atoms with Gasteiger partial charge >= 0.3 is 0 Å². The minimum atomic E-state index is 0.664. The molecule has 2 nitrogen and oxygen atoms in total. The molecular weight excluding hydrogens is 196 g/mol. The molecule has 2 atom stereocenters. The van der Waals surface area contributed by atoms with Crippen LogP contribution in [0.4, 0.5) is 0 Å². The Kier molecular flexibility index (Phi) is 6.37. The van der Waals surface area contributed by atoms with E-state index < -0.39 is 0 Å². The standard InChI is InChI=1S/C14H30N2/c1-5-6-7-10-15-11-12(2)16(4)13(3)14-8-9-14/h12-15H,5-11H2,1-4H3. The second-order valence-corrected chi connectivity index (χ2v) is 5.50. The Bertz CT molecular complexity index is 178. The minimum Gasteiger partial charge on any atom is -0.315 e. The van der Waals surface area contributed by atoms with Crippen LogP contribution >= 0.6 is 0 Å². The van der Waals surface area contributed by atoms with Crippen molar-refractivity contribution in [2.45, 2.75) is 65.0 Å². The molecule has 1 fully saturated rings. The highest BCUT2D eigenvalue weighted by Gasteiger charge is 2.31. The van der Waals surface area contributed by atoms with Gasteiger partial charge in [-0.15, -0.1) is 0 Å². The van der Waals surface area contributed by atoms with E-state index in [9.17, 15) is 0 Å². The Morgan fingerprint density at radius 1 is 1.25 bits per heavy atom. The van der Waals surface area contributed by atoms with Crippen LogP contribution in [0.25, 0.3) is 0 Å². The van der Waals surface area contributed by atoms with Crippen LogP contribution in [-0.2, 0) is 0 Å². The van der Waals surface area contributed by atoms with Gasteiger partial charge in [-0.2, -0.15) is 0 Å². The molecule has 0 spiro atoms. The fraction of sp³-hybridized carbons (Fsp3) is 1.00. The molecule has 1 N–H and O–H groups in total. The Labute approximate surface area is 102 Å². The lowest BCUT2D eigenvalue weighted by Gasteiger charge is -2.31. The summed E-state index contributed by atoms with van der Waals surface area (Å²) < 4.78 is 0. The maximum Gasteiger partial charge on any atom is 0.0192 e. The van der Waals surface area contributed by atoms with Crippen molar-refractivity contribution in [3.8, 4) is 0 Å². The van der Waals surface area contributed by atoms with Crippen molar-refractivity contribution in [1.29, 1.82) is 0 Å². The number of rotatable bonds is 9. The van der Waals surface area contributed by atoms with Crippen LogP contribution in [0.2, 0.25) is 0 Å². The molecule has 0 amide bonds. The van der Waals surface area contributed by atoms with Gasteiger partial charge in [-0.25, -0.2) is 0 Å². The smallest absolute Gasteiger partial charge is 0.0192 e. The Morgan fingerprint density at radius 3 is 2.50 bits per heavy atom. The van der Waals surface area contributed by atoms with Crippen molar-refractivity contribution in [3.05, 3.63) is 0 Å². The summed E-state index contributed by atoms with van der Waals surface area (Å²) >= 11 is 0. The van der Waals surface area contributed by atoms with E-state index in [4.69, 9.17) is 0 Å². The first-order valence-corrected chi connectivity index (χ1v) is 7.09. The number of unbranched alkanes of at least 4 members (excludes halogenated alkanes) is 2. The summed E-state index contributed by atoms with van der Waals surface area (Å²) in [6.45, 7) is 9.30. The molecular formula is C14H30N2. The lowest BCUT2D eigenvalue weighted by Crippen LogP contribution is -2.43. The van der Waals surface area contributed by atoms with Gasteiger partial charge in [0, 0.05) is 18.6 Å². The summed E-state index contributed by atoms with van der Waals surface area (Å²) in [4.78, 5) is 2.55. The highest BCUT2D eigenvalue weighted by molar-refractivity contribution is 4.86. The van der Waals surface area contributed by atoms with Gasteiger partial charge in [0.25, 0.3) is 0 Å². The van der Waals surface area contributed by atoms with Gasteiger partial charge in [0.1, 0.15) is 0 Å². The van der Waals surface area contributed by atoms with Gasteiger partial charge in [-0.1, -0.05) is 19.8 Å². The number of nitrogens with zero attached hydrogens (tertiary/aromatic N) is 1. The van der Waals surface area contributed by atoms with E-state index in [1.54, 1.807) is 0 Å². The number of nitrogens with one attached hydrogen (secondary N) is 1. The molecule has 1 aliphatic rings. The molecule has 0 aliphatic heterocycles. The van der Waals surface area contributed by atoms with Crippen molar-refractivity contribution in [1.82, 2.24) is 10.2 Å². The number of likely N-dealkylation sites (N-methyl/N-ethyl adjacent to an activating group) is 1. The van der Waals surface area contributed by atoms with Crippen LogP contribution in [0.15, 0.2) is 0 Å². The van der Waals surface area contributed by atoms with E-state index in [0.717, 1.165) is 18.5 Å². The molecule has 2 heteroatoms. The van der Waals surface area contributed by atoms with E-state index in [0.29, 0.717) is 6.04 Å². The summed E-state index contributed by atoms with van der Waals surface area (Å²) in [5.74, 6) is 0.979. The normalized spacial score (nSPS) is 20.1. The molecule has 96 valence electrons. The van der Waals surface area contributed by atoms with Gasteiger partial charge in [-0.05, 0) is 52.6 Å². The van der Waals surface area contributed by atoms with Crippen molar-refractivity contribution >= 4 is 0 Å². The zero-order valence-corrected chi connectivity index (χ0v) is 11.6. The molecule has 1 aliphatic carbocycles. The van der Waals surface area contributed by atoms with Crippen LogP contribution in [0.1, 0.15) is 52.9 Å². The molecule has 0 aromatic carbocycles. The van der Waals surface area contributed by atoms with E-state index in [1.165, 1.54) is 38.6 Å². The van der Waals surface area contributed by atoms with Gasteiger partial charge in [0.2, 0.25) is 0 Å². The van der Waals surface area contributed by atoms with Crippen LogP contribution in [-0.4, -0.2) is 37.1 Å². The molecule has 1 saturated carbocycles. The zero-order chi connectivity index (χ0) is 12.0. The summed E-state index contributed by atoms with van der Waals surface area (Å²) in [6.07, 6.45) is 6.89. The third kappa shape index (κ3) is 4.84. The third-order valence-electron chi connectivity index (χ3n) is 4.04. The largest absolute Gasteiger partial charge is 0.315 e. The van der Waals surface area contributed by atoms with Gasteiger partial charge in [-0.3, -0.25) is 4.90 Å². The first-order chi connectivity index (χ1) is 7.66. The van der Waals surface area contributed by atoms with Gasteiger partial charge in [0.15, 0.2) is 0 Å². The maximum absolute atomic E-state index is 3.57. The second kappa shape index (κ2) is 7.29. The molecule has 2 unspecified atom stereocenters. The highest BCUT2D eigenvalue weighted by atomic mass is 15.2. The van der Waals surface area contributed by atoms with E-state index in [-0.39, 0.29) is 0 Å². The van der Waals surface area contributed by atoms with Gasteiger partial charge < -0.3 is 5.32 Å². The fourth-order valence-corrected chi connectivity index (χ4v) is 2.27. The van der Waals surface area contributed by atoms with Crippen LogP contribution in [0.3, 0.4) is 0 Å². The van der Waals surface area contributed by atoms with E-state index in [2.05, 4.69) is 38.0 Å². The predicted molar refractivity (Wildman–Crippen MR) is 71.8 cm³/mol. The lowest BCUT2D eigenvalue weighted by atomic mass is 10.1. The number of hydrogen-bond acceptors (Lipinski definition) is 2.